The van der Waals surface area contributed by atoms with E-state index in [2.05, 4.69) is 11.9 Å². The van der Waals surface area contributed by atoms with Crippen LogP contribution < -0.4 is 9.64 Å². The van der Waals surface area contributed by atoms with E-state index in [1.165, 1.54) is 0 Å². The van der Waals surface area contributed by atoms with E-state index in [0.29, 0.717) is 24.8 Å². The van der Waals surface area contributed by atoms with Crippen LogP contribution in [0.2, 0.25) is 0 Å². The van der Waals surface area contributed by atoms with E-state index >= 15 is 0 Å². The summed E-state index contributed by atoms with van der Waals surface area (Å²) in [4.78, 5) is 17.9. The SMILES string of the molecule is CCCN(CC(=O)OCC)c1ncccc1OCC. The average molecular weight is 266 g/mol. The summed E-state index contributed by atoms with van der Waals surface area (Å²) in [6, 6.07) is 3.68. The van der Waals surface area contributed by atoms with Gasteiger partial charge in [-0.2, -0.15) is 0 Å². The number of hydrogen-bond acceptors (Lipinski definition) is 5. The van der Waals surface area contributed by atoms with Gasteiger partial charge in [-0.3, -0.25) is 4.79 Å². The number of hydrogen-bond donors (Lipinski definition) is 0. The minimum absolute atomic E-state index is 0.193. The zero-order valence-electron chi connectivity index (χ0n) is 11.9. The van der Waals surface area contributed by atoms with Crippen LogP contribution in [0.25, 0.3) is 0 Å². The van der Waals surface area contributed by atoms with Crippen molar-refractivity contribution in [3.63, 3.8) is 0 Å². The molecule has 0 unspecified atom stereocenters. The van der Waals surface area contributed by atoms with Crippen molar-refractivity contribution in [2.24, 2.45) is 0 Å². The Bertz CT molecular complexity index is 396. The predicted octanol–water partition coefficient (Wildman–Crippen LogP) is 2.26. The fourth-order valence-corrected chi connectivity index (χ4v) is 1.78. The first-order chi connectivity index (χ1) is 9.22. The number of aromatic nitrogens is 1. The summed E-state index contributed by atoms with van der Waals surface area (Å²) in [5.41, 5.74) is 0. The minimum atomic E-state index is -0.246. The highest BCUT2D eigenvalue weighted by atomic mass is 16.5. The first-order valence-electron chi connectivity index (χ1n) is 6.71. The normalized spacial score (nSPS) is 10.1. The van der Waals surface area contributed by atoms with Crippen molar-refractivity contribution in [3.05, 3.63) is 18.3 Å². The number of rotatable bonds is 8. The van der Waals surface area contributed by atoms with Crippen molar-refractivity contribution < 1.29 is 14.3 Å². The maximum absolute atomic E-state index is 11.6. The standard InChI is InChI=1S/C14H22N2O3/c1-4-10-16(11-13(17)19-6-3)14-12(18-5-2)8-7-9-15-14/h7-9H,4-6,10-11H2,1-3H3. The van der Waals surface area contributed by atoms with E-state index in [9.17, 15) is 4.79 Å². The molecule has 0 fully saturated rings. The molecule has 1 heterocycles. The Morgan fingerprint density at radius 1 is 1.32 bits per heavy atom. The molecule has 1 aromatic rings. The van der Waals surface area contributed by atoms with E-state index in [1.54, 1.807) is 13.1 Å². The Morgan fingerprint density at radius 3 is 2.74 bits per heavy atom. The van der Waals surface area contributed by atoms with Crippen LogP contribution in [0.3, 0.4) is 0 Å². The van der Waals surface area contributed by atoms with Crippen LogP contribution >= 0.6 is 0 Å². The van der Waals surface area contributed by atoms with Gasteiger partial charge in [0.05, 0.1) is 13.2 Å². The van der Waals surface area contributed by atoms with Crippen LogP contribution in [0.5, 0.6) is 5.75 Å². The number of ether oxygens (including phenoxy) is 2. The molecule has 0 spiro atoms. The molecule has 0 atom stereocenters. The molecule has 0 saturated carbocycles. The second-order valence-electron chi connectivity index (χ2n) is 3.98. The van der Waals surface area contributed by atoms with Crippen LogP contribution in [0.15, 0.2) is 18.3 Å². The molecule has 106 valence electrons. The monoisotopic (exact) mass is 266 g/mol. The lowest BCUT2D eigenvalue weighted by Gasteiger charge is -2.23. The van der Waals surface area contributed by atoms with Crippen molar-refractivity contribution in [1.29, 1.82) is 0 Å². The van der Waals surface area contributed by atoms with Gasteiger partial charge in [-0.1, -0.05) is 6.92 Å². The van der Waals surface area contributed by atoms with Gasteiger partial charge in [0.1, 0.15) is 6.54 Å². The third-order valence-corrected chi connectivity index (χ3v) is 2.47. The number of carbonyl (C=O) groups is 1. The lowest BCUT2D eigenvalue weighted by Crippen LogP contribution is -2.32. The zero-order chi connectivity index (χ0) is 14.1. The summed E-state index contributed by atoms with van der Waals surface area (Å²) in [6.07, 6.45) is 2.62. The molecule has 1 rings (SSSR count). The molecule has 0 bridgehead atoms. The van der Waals surface area contributed by atoms with Crippen LogP contribution in [0.1, 0.15) is 27.2 Å². The van der Waals surface area contributed by atoms with E-state index in [-0.39, 0.29) is 12.5 Å². The van der Waals surface area contributed by atoms with Gasteiger partial charge < -0.3 is 14.4 Å². The predicted molar refractivity (Wildman–Crippen MR) is 74.5 cm³/mol. The van der Waals surface area contributed by atoms with Gasteiger partial charge in [-0.05, 0) is 32.4 Å². The molecule has 19 heavy (non-hydrogen) atoms. The average Bonchev–Trinajstić information content (AvgIpc) is 2.39. The third-order valence-electron chi connectivity index (χ3n) is 2.47. The molecule has 0 aliphatic carbocycles. The van der Waals surface area contributed by atoms with Crippen LogP contribution in [0, 0.1) is 0 Å². The van der Waals surface area contributed by atoms with E-state index in [0.717, 1.165) is 13.0 Å². The molecule has 0 saturated heterocycles. The summed E-state index contributed by atoms with van der Waals surface area (Å²) >= 11 is 0. The van der Waals surface area contributed by atoms with Crippen molar-refractivity contribution in [3.8, 4) is 5.75 Å². The van der Waals surface area contributed by atoms with Gasteiger partial charge in [0, 0.05) is 12.7 Å². The van der Waals surface area contributed by atoms with Gasteiger partial charge in [0.25, 0.3) is 0 Å². The second-order valence-corrected chi connectivity index (χ2v) is 3.98. The molecule has 5 nitrogen and oxygen atoms in total. The molecule has 0 aliphatic rings. The van der Waals surface area contributed by atoms with E-state index in [1.807, 2.05) is 24.0 Å². The Morgan fingerprint density at radius 2 is 2.11 bits per heavy atom. The second kappa shape index (κ2) is 8.34. The molecule has 0 aliphatic heterocycles. The van der Waals surface area contributed by atoms with Crippen LogP contribution in [-0.2, 0) is 9.53 Å². The summed E-state index contributed by atoms with van der Waals surface area (Å²) in [6.45, 7) is 7.66. The highest BCUT2D eigenvalue weighted by Gasteiger charge is 2.16. The fraction of sp³-hybridized carbons (Fsp3) is 0.571. The number of pyridine rings is 1. The number of anilines is 1. The van der Waals surface area contributed by atoms with Crippen molar-refractivity contribution in [1.82, 2.24) is 4.98 Å². The molecular weight excluding hydrogens is 244 g/mol. The van der Waals surface area contributed by atoms with Gasteiger partial charge in [0.2, 0.25) is 0 Å². The summed E-state index contributed by atoms with van der Waals surface area (Å²) in [5.74, 6) is 1.14. The summed E-state index contributed by atoms with van der Waals surface area (Å²) < 4.78 is 10.5. The largest absolute Gasteiger partial charge is 0.490 e. The highest BCUT2D eigenvalue weighted by Crippen LogP contribution is 2.25. The Hall–Kier alpha value is -1.78. The number of nitrogens with zero attached hydrogens (tertiary/aromatic N) is 2. The molecule has 0 amide bonds. The fourth-order valence-electron chi connectivity index (χ4n) is 1.78. The lowest BCUT2D eigenvalue weighted by molar-refractivity contribution is -0.141. The van der Waals surface area contributed by atoms with Gasteiger partial charge >= 0.3 is 5.97 Å². The summed E-state index contributed by atoms with van der Waals surface area (Å²) in [7, 11) is 0. The lowest BCUT2D eigenvalue weighted by atomic mass is 10.3. The number of carbonyl (C=O) groups excluding carboxylic acids is 1. The van der Waals surface area contributed by atoms with Crippen molar-refractivity contribution >= 4 is 11.8 Å². The molecule has 0 aromatic carbocycles. The van der Waals surface area contributed by atoms with Gasteiger partial charge in [-0.15, -0.1) is 0 Å². The summed E-state index contributed by atoms with van der Waals surface area (Å²) in [5, 5.41) is 0. The first-order valence-corrected chi connectivity index (χ1v) is 6.71. The Labute approximate surface area is 114 Å². The molecular formula is C14H22N2O3. The zero-order valence-corrected chi connectivity index (χ0v) is 11.9. The maximum Gasteiger partial charge on any atom is 0.325 e. The Balaban J connectivity index is 2.88. The topological polar surface area (TPSA) is 51.7 Å². The molecule has 5 heteroatoms. The van der Waals surface area contributed by atoms with Crippen molar-refractivity contribution in [2.45, 2.75) is 27.2 Å². The van der Waals surface area contributed by atoms with Crippen molar-refractivity contribution in [2.75, 3.05) is 31.2 Å². The number of esters is 1. The molecule has 1 aromatic heterocycles. The van der Waals surface area contributed by atoms with Crippen LogP contribution in [0.4, 0.5) is 5.82 Å². The molecule has 0 N–H and O–H groups in total. The first kappa shape index (κ1) is 15.3. The Kier molecular flexibility index (Phi) is 6.71. The highest BCUT2D eigenvalue weighted by molar-refractivity contribution is 5.76. The quantitative estimate of drug-likeness (QED) is 0.675. The third kappa shape index (κ3) is 4.77. The smallest absolute Gasteiger partial charge is 0.325 e. The van der Waals surface area contributed by atoms with Gasteiger partial charge in [-0.25, -0.2) is 4.98 Å². The molecule has 0 radical (unpaired) electrons. The van der Waals surface area contributed by atoms with Gasteiger partial charge in [0.15, 0.2) is 11.6 Å². The van der Waals surface area contributed by atoms with E-state index < -0.39 is 0 Å². The van der Waals surface area contributed by atoms with Crippen LogP contribution in [-0.4, -0.2) is 37.3 Å². The minimum Gasteiger partial charge on any atom is -0.490 e. The van der Waals surface area contributed by atoms with E-state index in [4.69, 9.17) is 9.47 Å². The maximum atomic E-state index is 11.6.